The van der Waals surface area contributed by atoms with Crippen molar-refractivity contribution in [2.45, 2.75) is 20.0 Å². The first-order valence-electron chi connectivity index (χ1n) is 9.84. The average Bonchev–Trinajstić information content (AvgIpc) is 2.76. The van der Waals surface area contributed by atoms with Gasteiger partial charge in [0.25, 0.3) is 0 Å². The van der Waals surface area contributed by atoms with Crippen molar-refractivity contribution in [3.63, 3.8) is 0 Å². The van der Waals surface area contributed by atoms with Crippen LogP contribution in [-0.2, 0) is 17.8 Å². The number of carbonyl (C=O) groups is 1. The summed E-state index contributed by atoms with van der Waals surface area (Å²) < 4.78 is 11.6. The van der Waals surface area contributed by atoms with Crippen molar-refractivity contribution in [1.29, 1.82) is 0 Å². The third-order valence-electron chi connectivity index (χ3n) is 4.31. The van der Waals surface area contributed by atoms with Crippen molar-refractivity contribution >= 4 is 46.9 Å². The number of hydrogen-bond acceptors (Lipinski definition) is 4. The van der Waals surface area contributed by atoms with Crippen LogP contribution in [0.15, 0.2) is 65.8 Å². The summed E-state index contributed by atoms with van der Waals surface area (Å²) >= 11 is 18.2. The molecule has 0 atom stereocenters. The molecule has 0 spiro atoms. The highest BCUT2D eigenvalue weighted by molar-refractivity contribution is 6.32. The fourth-order valence-corrected chi connectivity index (χ4v) is 3.33. The molecule has 0 aliphatic carbocycles. The molecular formula is C24H21Cl3N2O3. The normalized spacial score (nSPS) is 10.9. The van der Waals surface area contributed by atoms with Crippen LogP contribution in [0.2, 0.25) is 15.1 Å². The maximum absolute atomic E-state index is 12.1. The van der Waals surface area contributed by atoms with Gasteiger partial charge in [-0.15, -0.1) is 0 Å². The lowest BCUT2D eigenvalue weighted by Crippen LogP contribution is -2.19. The van der Waals surface area contributed by atoms with Gasteiger partial charge in [-0.25, -0.2) is 5.43 Å². The molecule has 0 bridgehead atoms. The number of benzene rings is 3. The highest BCUT2D eigenvalue weighted by Crippen LogP contribution is 2.37. The molecule has 3 aromatic carbocycles. The van der Waals surface area contributed by atoms with E-state index in [1.165, 1.54) is 6.21 Å². The van der Waals surface area contributed by atoms with Crippen LogP contribution in [0.25, 0.3) is 0 Å². The number of rotatable bonds is 9. The van der Waals surface area contributed by atoms with E-state index in [1.54, 1.807) is 48.5 Å². The summed E-state index contributed by atoms with van der Waals surface area (Å²) in [6, 6.07) is 17.9. The fourth-order valence-electron chi connectivity index (χ4n) is 2.81. The first-order valence-corrected chi connectivity index (χ1v) is 11.0. The summed E-state index contributed by atoms with van der Waals surface area (Å²) in [6.45, 7) is 2.62. The summed E-state index contributed by atoms with van der Waals surface area (Å²) in [5, 5.41) is 5.66. The summed E-state index contributed by atoms with van der Waals surface area (Å²) in [7, 11) is 0. The van der Waals surface area contributed by atoms with E-state index in [0.29, 0.717) is 45.3 Å². The molecule has 0 saturated heterocycles. The van der Waals surface area contributed by atoms with Gasteiger partial charge in [0.1, 0.15) is 6.61 Å². The van der Waals surface area contributed by atoms with Gasteiger partial charge in [-0.05, 0) is 60.0 Å². The Labute approximate surface area is 201 Å². The van der Waals surface area contributed by atoms with Gasteiger partial charge >= 0.3 is 0 Å². The van der Waals surface area contributed by atoms with Crippen LogP contribution >= 0.6 is 34.8 Å². The maximum Gasteiger partial charge on any atom is 0.244 e. The van der Waals surface area contributed by atoms with E-state index >= 15 is 0 Å². The molecule has 32 heavy (non-hydrogen) atoms. The van der Waals surface area contributed by atoms with Gasteiger partial charge in [0.15, 0.2) is 11.5 Å². The molecule has 0 saturated carbocycles. The minimum atomic E-state index is -0.248. The zero-order chi connectivity index (χ0) is 22.9. The monoisotopic (exact) mass is 490 g/mol. The molecule has 0 aliphatic rings. The van der Waals surface area contributed by atoms with Crippen molar-refractivity contribution in [2.75, 3.05) is 6.61 Å². The number of hydrogen-bond donors (Lipinski definition) is 1. The molecule has 0 aliphatic heterocycles. The standard InChI is InChI=1S/C24H21Cl3N2O3/c1-2-31-22-12-18(14-28-29-23(30)13-16-3-7-19(25)8-4-16)11-21(27)24(22)32-15-17-5-9-20(26)10-6-17/h3-12,14H,2,13,15H2,1H3,(H,29,30)/b28-14-. The SMILES string of the molecule is CCOc1cc(/C=N\NC(=O)Cc2ccc(Cl)cc2)cc(Cl)c1OCc1ccc(Cl)cc1. The zero-order valence-electron chi connectivity index (χ0n) is 17.3. The van der Waals surface area contributed by atoms with Crippen LogP contribution in [0.4, 0.5) is 0 Å². The Morgan fingerprint density at radius 1 is 0.938 bits per heavy atom. The van der Waals surface area contributed by atoms with E-state index < -0.39 is 0 Å². The molecule has 8 heteroatoms. The van der Waals surface area contributed by atoms with E-state index in [-0.39, 0.29) is 12.3 Å². The first-order chi connectivity index (χ1) is 15.4. The van der Waals surface area contributed by atoms with E-state index in [2.05, 4.69) is 10.5 Å². The van der Waals surface area contributed by atoms with Crippen LogP contribution in [0, 0.1) is 0 Å². The maximum atomic E-state index is 12.1. The highest BCUT2D eigenvalue weighted by Gasteiger charge is 2.13. The number of nitrogens with one attached hydrogen (secondary N) is 1. The minimum absolute atomic E-state index is 0.191. The molecule has 0 aromatic heterocycles. The first kappa shape index (κ1) is 23.9. The number of nitrogens with zero attached hydrogens (tertiary/aromatic N) is 1. The van der Waals surface area contributed by atoms with Crippen molar-refractivity contribution < 1.29 is 14.3 Å². The predicted octanol–water partition coefficient (Wildman–Crippen LogP) is 6.32. The van der Waals surface area contributed by atoms with Gasteiger partial charge in [0.05, 0.1) is 24.3 Å². The summed E-state index contributed by atoms with van der Waals surface area (Å²) in [4.78, 5) is 12.1. The van der Waals surface area contributed by atoms with Crippen LogP contribution in [0.5, 0.6) is 11.5 Å². The Morgan fingerprint density at radius 3 is 2.19 bits per heavy atom. The average molecular weight is 492 g/mol. The van der Waals surface area contributed by atoms with Crippen LogP contribution in [0.1, 0.15) is 23.6 Å². The van der Waals surface area contributed by atoms with E-state index in [0.717, 1.165) is 11.1 Å². The largest absolute Gasteiger partial charge is 0.490 e. The van der Waals surface area contributed by atoms with Gasteiger partial charge < -0.3 is 9.47 Å². The summed E-state index contributed by atoms with van der Waals surface area (Å²) in [6.07, 6.45) is 1.69. The third-order valence-corrected chi connectivity index (χ3v) is 5.09. The topological polar surface area (TPSA) is 59.9 Å². The molecule has 0 radical (unpaired) electrons. The van der Waals surface area contributed by atoms with Crippen LogP contribution in [-0.4, -0.2) is 18.7 Å². The van der Waals surface area contributed by atoms with Gasteiger partial charge in [0, 0.05) is 10.0 Å². The quantitative estimate of drug-likeness (QED) is 0.281. The van der Waals surface area contributed by atoms with E-state index in [1.807, 2.05) is 19.1 Å². The second kappa shape index (κ2) is 11.8. The fraction of sp³-hybridized carbons (Fsp3) is 0.167. The molecule has 0 fully saturated rings. The highest BCUT2D eigenvalue weighted by atomic mass is 35.5. The van der Waals surface area contributed by atoms with Gasteiger partial charge in [0.2, 0.25) is 5.91 Å². The number of amides is 1. The summed E-state index contributed by atoms with van der Waals surface area (Å²) in [5.74, 6) is 0.679. The molecule has 1 N–H and O–H groups in total. The molecular weight excluding hydrogens is 471 g/mol. The van der Waals surface area contributed by atoms with Crippen LogP contribution < -0.4 is 14.9 Å². The van der Waals surface area contributed by atoms with Crippen LogP contribution in [0.3, 0.4) is 0 Å². The molecule has 166 valence electrons. The smallest absolute Gasteiger partial charge is 0.244 e. The Bertz CT molecular complexity index is 1080. The second-order valence-corrected chi connectivity index (χ2v) is 8.05. The molecule has 5 nitrogen and oxygen atoms in total. The number of halogens is 3. The molecule has 3 rings (SSSR count). The predicted molar refractivity (Wildman–Crippen MR) is 129 cm³/mol. The van der Waals surface area contributed by atoms with Crippen molar-refractivity contribution in [1.82, 2.24) is 5.43 Å². The Balaban J connectivity index is 1.65. The van der Waals surface area contributed by atoms with E-state index in [9.17, 15) is 4.79 Å². The zero-order valence-corrected chi connectivity index (χ0v) is 19.5. The van der Waals surface area contributed by atoms with Gasteiger partial charge in [-0.3, -0.25) is 4.79 Å². The third kappa shape index (κ3) is 7.16. The molecule has 0 unspecified atom stereocenters. The lowest BCUT2D eigenvalue weighted by atomic mass is 10.1. The van der Waals surface area contributed by atoms with E-state index in [4.69, 9.17) is 44.3 Å². The van der Waals surface area contributed by atoms with Crippen molar-refractivity contribution in [3.8, 4) is 11.5 Å². The van der Waals surface area contributed by atoms with Gasteiger partial charge in [-0.2, -0.15) is 5.10 Å². The summed E-state index contributed by atoms with van der Waals surface area (Å²) in [5.41, 5.74) is 4.94. The van der Waals surface area contributed by atoms with Gasteiger partial charge in [-0.1, -0.05) is 59.1 Å². The second-order valence-electron chi connectivity index (χ2n) is 6.77. The molecule has 0 heterocycles. The van der Waals surface area contributed by atoms with Crippen molar-refractivity contribution in [2.24, 2.45) is 5.10 Å². The Hall–Kier alpha value is -2.73. The van der Waals surface area contributed by atoms with Crippen molar-refractivity contribution in [3.05, 3.63) is 92.4 Å². The lowest BCUT2D eigenvalue weighted by molar-refractivity contribution is -0.120. The number of carbonyl (C=O) groups excluding carboxylic acids is 1. The Kier molecular flexibility index (Phi) is 8.80. The molecule has 3 aromatic rings. The Morgan fingerprint density at radius 2 is 1.56 bits per heavy atom. The molecule has 1 amide bonds. The lowest BCUT2D eigenvalue weighted by Gasteiger charge is -2.14. The number of hydrazone groups is 1. The minimum Gasteiger partial charge on any atom is -0.490 e. The number of ether oxygens (including phenoxy) is 2.